The third-order valence-electron chi connectivity index (χ3n) is 6.39. The minimum Gasteiger partial charge on any atom is -0.391 e. The van der Waals surface area contributed by atoms with Crippen LogP contribution in [-0.4, -0.2) is 74.2 Å². The second-order valence-electron chi connectivity index (χ2n) is 9.20. The number of aromatic nitrogens is 4. The van der Waals surface area contributed by atoms with Crippen molar-refractivity contribution in [3.8, 4) is 0 Å². The van der Waals surface area contributed by atoms with Crippen LogP contribution in [0.15, 0.2) is 18.7 Å². The molecule has 2 heterocycles. The molecule has 3 rings (SSSR count). The van der Waals surface area contributed by atoms with Gasteiger partial charge in [0.2, 0.25) is 17.5 Å². The molecule has 1 aliphatic carbocycles. The highest BCUT2D eigenvalue weighted by Gasteiger charge is 2.35. The van der Waals surface area contributed by atoms with E-state index in [0.29, 0.717) is 12.1 Å². The lowest BCUT2D eigenvalue weighted by Gasteiger charge is -2.38. The van der Waals surface area contributed by atoms with Crippen molar-refractivity contribution >= 4 is 17.5 Å². The van der Waals surface area contributed by atoms with Gasteiger partial charge in [0.15, 0.2) is 11.6 Å². The van der Waals surface area contributed by atoms with Gasteiger partial charge in [0.25, 0.3) is 0 Å². The Balaban J connectivity index is 1.70. The van der Waals surface area contributed by atoms with Crippen LogP contribution in [0.3, 0.4) is 0 Å². The first kappa shape index (κ1) is 28.4. The van der Waals surface area contributed by atoms with Gasteiger partial charge < -0.3 is 21.1 Å². The molecular formula is C23H32F4N8O2. The van der Waals surface area contributed by atoms with Crippen molar-refractivity contribution in [1.82, 2.24) is 24.8 Å². The van der Waals surface area contributed by atoms with Gasteiger partial charge in [-0.1, -0.05) is 13.8 Å². The van der Waals surface area contributed by atoms with Crippen molar-refractivity contribution in [2.45, 2.75) is 58.0 Å². The molecule has 10 nitrogen and oxygen atoms in total. The molecule has 37 heavy (non-hydrogen) atoms. The molecule has 0 bridgehead atoms. The van der Waals surface area contributed by atoms with E-state index in [1.807, 2.05) is 6.92 Å². The number of anilines is 2. The molecule has 0 radical (unpaired) electrons. The average molecular weight is 529 g/mol. The van der Waals surface area contributed by atoms with Crippen LogP contribution in [0.1, 0.15) is 44.5 Å². The highest BCUT2D eigenvalue weighted by atomic mass is 19.4. The van der Waals surface area contributed by atoms with E-state index in [9.17, 15) is 23.1 Å². The second kappa shape index (κ2) is 12.4. The van der Waals surface area contributed by atoms with E-state index in [0.717, 1.165) is 31.7 Å². The normalized spacial score (nSPS) is 15.8. The molecule has 1 aliphatic rings. The van der Waals surface area contributed by atoms with E-state index < -0.39 is 29.8 Å². The fourth-order valence-corrected chi connectivity index (χ4v) is 3.90. The summed E-state index contributed by atoms with van der Waals surface area (Å²) < 4.78 is 53.9. The van der Waals surface area contributed by atoms with E-state index in [1.54, 1.807) is 16.7 Å². The summed E-state index contributed by atoms with van der Waals surface area (Å²) in [7, 11) is 0. The standard InChI is InChI=1S/C23H32F4N8O2/c1-3-34(12-18(28)37)11-17(36)14(2)7-29-20-19(24)21(33-13-32-20)35(16-5-4-6-16)10-15-8-30-22(31-9-15)23(25,26)27/h8-9,13-14,16-17,36H,3-7,10-12H2,1-2H3,(H2,28,37)(H,29,32,33)/t14-,17+/m1/s1. The lowest BCUT2D eigenvalue weighted by atomic mass is 9.91. The van der Waals surface area contributed by atoms with Crippen LogP contribution in [-0.2, 0) is 17.5 Å². The van der Waals surface area contributed by atoms with Crippen molar-refractivity contribution < 1.29 is 27.5 Å². The first-order valence-electron chi connectivity index (χ1n) is 12.1. The van der Waals surface area contributed by atoms with E-state index in [-0.39, 0.29) is 49.8 Å². The molecule has 1 fully saturated rings. The predicted octanol–water partition coefficient (Wildman–Crippen LogP) is 2.20. The second-order valence-corrected chi connectivity index (χ2v) is 9.20. The van der Waals surface area contributed by atoms with Crippen LogP contribution in [0, 0.1) is 11.7 Å². The molecule has 2 atom stereocenters. The van der Waals surface area contributed by atoms with Gasteiger partial charge in [0, 0.05) is 49.6 Å². The molecule has 0 aromatic carbocycles. The van der Waals surface area contributed by atoms with E-state index in [4.69, 9.17) is 5.73 Å². The number of carbonyl (C=O) groups is 1. The Bertz CT molecular complexity index is 1040. The number of likely N-dealkylation sites (N-methyl/N-ethyl adjacent to an activating group) is 1. The molecule has 4 N–H and O–H groups in total. The largest absolute Gasteiger partial charge is 0.451 e. The van der Waals surface area contributed by atoms with Crippen LogP contribution in [0.2, 0.25) is 0 Å². The maximum absolute atomic E-state index is 15.5. The van der Waals surface area contributed by atoms with Crippen LogP contribution in [0.5, 0.6) is 0 Å². The minimum absolute atomic E-state index is 0.0221. The summed E-state index contributed by atoms with van der Waals surface area (Å²) in [5.41, 5.74) is 5.62. The first-order chi connectivity index (χ1) is 17.5. The molecule has 0 unspecified atom stereocenters. The van der Waals surface area contributed by atoms with Crippen molar-refractivity contribution in [1.29, 1.82) is 0 Å². The topological polar surface area (TPSA) is 133 Å². The predicted molar refractivity (Wildman–Crippen MR) is 128 cm³/mol. The summed E-state index contributed by atoms with van der Waals surface area (Å²) in [6.45, 7) is 4.69. The SMILES string of the molecule is CCN(CC(N)=O)C[C@H](O)[C@H](C)CNc1ncnc(N(Cc2cnc(C(F)(F)F)nc2)C2CCC2)c1F. The summed E-state index contributed by atoms with van der Waals surface area (Å²) >= 11 is 0. The van der Waals surface area contributed by atoms with Crippen LogP contribution < -0.4 is 16.0 Å². The molecule has 1 amide bonds. The monoisotopic (exact) mass is 528 g/mol. The van der Waals surface area contributed by atoms with Gasteiger partial charge in [-0.15, -0.1) is 0 Å². The Labute approximate surface area is 212 Å². The maximum Gasteiger partial charge on any atom is 0.451 e. The number of hydrogen-bond acceptors (Lipinski definition) is 9. The van der Waals surface area contributed by atoms with Crippen molar-refractivity contribution in [3.63, 3.8) is 0 Å². The average Bonchev–Trinajstić information content (AvgIpc) is 2.80. The van der Waals surface area contributed by atoms with Gasteiger partial charge >= 0.3 is 6.18 Å². The number of carbonyl (C=O) groups excluding carboxylic acids is 1. The van der Waals surface area contributed by atoms with E-state index >= 15 is 4.39 Å². The summed E-state index contributed by atoms with van der Waals surface area (Å²) in [5, 5.41) is 13.4. The zero-order valence-corrected chi connectivity index (χ0v) is 20.7. The molecule has 1 saturated carbocycles. The number of nitrogens with zero attached hydrogens (tertiary/aromatic N) is 6. The van der Waals surface area contributed by atoms with Gasteiger partial charge in [-0.25, -0.2) is 19.9 Å². The fraction of sp³-hybridized carbons (Fsp3) is 0.609. The molecule has 204 valence electrons. The molecule has 0 aliphatic heterocycles. The summed E-state index contributed by atoms with van der Waals surface area (Å²) in [6.07, 6.45) is 0.452. The third kappa shape index (κ3) is 7.68. The molecular weight excluding hydrogens is 496 g/mol. The molecule has 2 aromatic heterocycles. The molecule has 14 heteroatoms. The van der Waals surface area contributed by atoms with Crippen molar-refractivity contribution in [2.75, 3.05) is 36.4 Å². The number of nitrogens with one attached hydrogen (secondary N) is 1. The molecule has 0 spiro atoms. The van der Waals surface area contributed by atoms with Gasteiger partial charge in [-0.3, -0.25) is 9.69 Å². The van der Waals surface area contributed by atoms with Crippen molar-refractivity contribution in [3.05, 3.63) is 35.9 Å². The highest BCUT2D eigenvalue weighted by Crippen LogP contribution is 2.33. The lowest BCUT2D eigenvalue weighted by Crippen LogP contribution is -2.42. The Morgan fingerprint density at radius 1 is 1.24 bits per heavy atom. The maximum atomic E-state index is 15.5. The number of aliphatic hydroxyl groups excluding tert-OH is 1. The molecule has 0 saturated heterocycles. The Hall–Kier alpha value is -3.13. The quantitative estimate of drug-likeness (QED) is 0.335. The van der Waals surface area contributed by atoms with Crippen molar-refractivity contribution in [2.24, 2.45) is 11.7 Å². The van der Waals surface area contributed by atoms with E-state index in [1.165, 1.54) is 6.33 Å². The zero-order chi connectivity index (χ0) is 27.2. The molecule has 2 aromatic rings. The number of rotatable bonds is 13. The summed E-state index contributed by atoms with van der Waals surface area (Å²) in [5.74, 6) is -2.77. The number of hydrogen-bond donors (Lipinski definition) is 3. The van der Waals surface area contributed by atoms with Crippen LogP contribution in [0.25, 0.3) is 0 Å². The zero-order valence-electron chi connectivity index (χ0n) is 20.7. The number of nitrogens with two attached hydrogens (primary N) is 1. The van der Waals surface area contributed by atoms with Gasteiger partial charge in [-0.05, 0) is 25.8 Å². The summed E-state index contributed by atoms with van der Waals surface area (Å²) in [6, 6.07) is -0.0365. The number of aliphatic hydroxyl groups is 1. The number of primary amides is 1. The first-order valence-corrected chi connectivity index (χ1v) is 12.1. The number of halogens is 4. The Morgan fingerprint density at radius 3 is 2.46 bits per heavy atom. The summed E-state index contributed by atoms with van der Waals surface area (Å²) in [4.78, 5) is 29.5. The van der Waals surface area contributed by atoms with Crippen LogP contribution in [0.4, 0.5) is 29.2 Å². The minimum atomic E-state index is -4.65. The fourth-order valence-electron chi connectivity index (χ4n) is 3.90. The van der Waals surface area contributed by atoms with Gasteiger partial charge in [0.05, 0.1) is 12.6 Å². The smallest absolute Gasteiger partial charge is 0.391 e. The van der Waals surface area contributed by atoms with Crippen LogP contribution >= 0.6 is 0 Å². The lowest BCUT2D eigenvalue weighted by molar-refractivity contribution is -0.145. The Morgan fingerprint density at radius 2 is 1.92 bits per heavy atom. The highest BCUT2D eigenvalue weighted by molar-refractivity contribution is 5.75. The van der Waals surface area contributed by atoms with Gasteiger partial charge in [-0.2, -0.15) is 17.6 Å². The number of amides is 1. The third-order valence-corrected chi connectivity index (χ3v) is 6.39. The number of alkyl halides is 3. The Kier molecular flexibility index (Phi) is 9.54. The van der Waals surface area contributed by atoms with Gasteiger partial charge in [0.1, 0.15) is 6.33 Å². The van der Waals surface area contributed by atoms with E-state index in [2.05, 4.69) is 25.3 Å².